The summed E-state index contributed by atoms with van der Waals surface area (Å²) in [6.07, 6.45) is 0. The molecule has 0 atom stereocenters. The van der Waals surface area contributed by atoms with Crippen LogP contribution >= 0.6 is 0 Å². The minimum absolute atomic E-state index is 0. The van der Waals surface area contributed by atoms with Crippen molar-refractivity contribution in [1.82, 2.24) is 0 Å². The Balaban J connectivity index is 0. The quantitative estimate of drug-likeness (QED) is 0.385. The Kier molecular flexibility index (Phi) is 4.41. The Morgan fingerprint density at radius 2 is 0.833 bits per heavy atom. The van der Waals surface area contributed by atoms with E-state index in [-0.39, 0.29) is 23.9 Å². The summed E-state index contributed by atoms with van der Waals surface area (Å²) in [6, 6.07) is 0. The summed E-state index contributed by atoms with van der Waals surface area (Å²) in [7, 11) is -6.00. The molecular weight excluding hydrogens is 206 g/mol. The molecule has 0 spiro atoms. The van der Waals surface area contributed by atoms with Crippen LogP contribution in [0.4, 0.5) is 17.3 Å². The number of halogens is 4. The zero-order valence-corrected chi connectivity index (χ0v) is 2.09. The zero-order chi connectivity index (χ0) is 4.50. The van der Waals surface area contributed by atoms with E-state index in [1.54, 1.807) is 0 Å². The number of hydrogen-bond acceptors (Lipinski definition) is 0. The summed E-state index contributed by atoms with van der Waals surface area (Å²) in [5.41, 5.74) is 0. The molecule has 0 N–H and O–H groups in total. The standard InChI is InChI=1S/BF4.Sn.4H/c2-1(3,4)5;;;;;/q-1;;;;;. The first-order valence-corrected chi connectivity index (χ1v) is 0.873. The van der Waals surface area contributed by atoms with Crippen LogP contribution in [0.2, 0.25) is 0 Å². The molecule has 0 aliphatic carbocycles. The molecule has 0 aromatic rings. The van der Waals surface area contributed by atoms with Crippen molar-refractivity contribution < 1.29 is 17.3 Å². The molecule has 0 aliphatic rings. The molecule has 6 heteroatoms. The van der Waals surface area contributed by atoms with E-state index in [2.05, 4.69) is 0 Å². The summed E-state index contributed by atoms with van der Waals surface area (Å²) >= 11 is 0. The van der Waals surface area contributed by atoms with E-state index >= 15 is 0 Å². The summed E-state index contributed by atoms with van der Waals surface area (Å²) in [4.78, 5) is 0. The molecule has 0 rings (SSSR count). The van der Waals surface area contributed by atoms with Crippen LogP contribution < -0.4 is 0 Å². The Bertz CT molecular complexity index is 23.0. The number of rotatable bonds is 0. The third-order valence-electron chi connectivity index (χ3n) is 0. The molecule has 0 saturated carbocycles. The van der Waals surface area contributed by atoms with Crippen LogP contribution in [0.15, 0.2) is 0 Å². The molecule has 0 aromatic carbocycles. The van der Waals surface area contributed by atoms with E-state index in [0.717, 1.165) is 0 Å². The topological polar surface area (TPSA) is 0 Å². The van der Waals surface area contributed by atoms with Gasteiger partial charge in [-0.15, -0.1) is 0 Å². The molecule has 0 aliphatic heterocycles. The van der Waals surface area contributed by atoms with Gasteiger partial charge in [0, 0.05) is 0 Å². The van der Waals surface area contributed by atoms with Gasteiger partial charge in [0.2, 0.25) is 0 Å². The van der Waals surface area contributed by atoms with Gasteiger partial charge in [-0.1, -0.05) is 0 Å². The fourth-order valence-corrected chi connectivity index (χ4v) is 0. The van der Waals surface area contributed by atoms with Crippen LogP contribution in [-0.4, -0.2) is 31.2 Å². The molecular formula is H4BF4Sn-. The molecule has 0 bridgehead atoms. The van der Waals surface area contributed by atoms with Gasteiger partial charge in [0.1, 0.15) is 0 Å². The summed E-state index contributed by atoms with van der Waals surface area (Å²) in [5.74, 6) is 0. The van der Waals surface area contributed by atoms with Gasteiger partial charge < -0.3 is 17.3 Å². The monoisotopic (exact) mass is 211 g/mol. The van der Waals surface area contributed by atoms with Gasteiger partial charge in [0.25, 0.3) is 0 Å². The average molecular weight is 210 g/mol. The normalized spacial score (nSPS) is 10.0. The van der Waals surface area contributed by atoms with Crippen LogP contribution in [-0.2, 0) is 0 Å². The van der Waals surface area contributed by atoms with Crippen molar-refractivity contribution in [2.45, 2.75) is 0 Å². The van der Waals surface area contributed by atoms with E-state index in [1.165, 1.54) is 0 Å². The molecule has 0 amide bonds. The number of hydrogen-bond donors (Lipinski definition) is 0. The first kappa shape index (κ1) is 9.77. The second kappa shape index (κ2) is 2.71. The van der Waals surface area contributed by atoms with Gasteiger partial charge in [-0.25, -0.2) is 0 Å². The minimum atomic E-state index is -6.00. The third kappa shape index (κ3) is 173. The zero-order valence-electron chi connectivity index (χ0n) is 2.09. The Labute approximate surface area is 49.0 Å². The third-order valence-corrected chi connectivity index (χ3v) is 0. The molecule has 0 saturated heterocycles. The van der Waals surface area contributed by atoms with Gasteiger partial charge in [0.15, 0.2) is 0 Å². The van der Waals surface area contributed by atoms with Crippen molar-refractivity contribution in [3.05, 3.63) is 0 Å². The van der Waals surface area contributed by atoms with Crippen molar-refractivity contribution in [3.8, 4) is 0 Å². The fraction of sp³-hybridized carbons (Fsp3) is 0. The molecule has 0 fully saturated rings. The van der Waals surface area contributed by atoms with E-state index in [0.29, 0.717) is 0 Å². The molecule has 0 unspecified atom stereocenters. The molecule has 0 nitrogen and oxygen atoms in total. The maximum absolute atomic E-state index is 9.75. The summed E-state index contributed by atoms with van der Waals surface area (Å²) in [5, 5.41) is 0. The molecule has 6 heavy (non-hydrogen) atoms. The predicted octanol–water partition coefficient (Wildman–Crippen LogP) is -0.152. The fourth-order valence-electron chi connectivity index (χ4n) is 0. The van der Waals surface area contributed by atoms with Gasteiger partial charge in [-0.3, -0.25) is 0 Å². The predicted molar refractivity (Wildman–Crippen MR) is 21.5 cm³/mol. The van der Waals surface area contributed by atoms with Gasteiger partial charge in [0.05, 0.1) is 0 Å². The van der Waals surface area contributed by atoms with Gasteiger partial charge in [-0.2, -0.15) is 0 Å². The van der Waals surface area contributed by atoms with Gasteiger partial charge in [-0.05, 0) is 0 Å². The van der Waals surface area contributed by atoms with E-state index in [4.69, 9.17) is 0 Å². The maximum atomic E-state index is 9.75. The van der Waals surface area contributed by atoms with Crippen LogP contribution in [0.3, 0.4) is 0 Å². The summed E-state index contributed by atoms with van der Waals surface area (Å²) < 4.78 is 39.0. The second-order valence-electron chi connectivity index (χ2n) is 0.495. The molecule has 0 radical (unpaired) electrons. The van der Waals surface area contributed by atoms with Crippen molar-refractivity contribution in [2.24, 2.45) is 0 Å². The van der Waals surface area contributed by atoms with E-state index in [1.807, 2.05) is 0 Å². The Hall–Kier alpha value is 0.584. The van der Waals surface area contributed by atoms with Crippen LogP contribution in [0.25, 0.3) is 0 Å². The molecule has 0 aromatic heterocycles. The van der Waals surface area contributed by atoms with Gasteiger partial charge >= 0.3 is 31.2 Å². The van der Waals surface area contributed by atoms with Crippen molar-refractivity contribution in [3.63, 3.8) is 0 Å². The van der Waals surface area contributed by atoms with Crippen LogP contribution in [0, 0.1) is 0 Å². The first-order valence-electron chi connectivity index (χ1n) is 0.873. The Morgan fingerprint density at radius 3 is 0.833 bits per heavy atom. The average Bonchev–Trinajstić information content (AvgIpc) is 0.722. The first-order chi connectivity index (χ1) is 2.00. The van der Waals surface area contributed by atoms with E-state index < -0.39 is 7.25 Å². The van der Waals surface area contributed by atoms with Crippen LogP contribution in [0.5, 0.6) is 0 Å². The SMILES string of the molecule is F[B-](F)(F)F.[SnH4]. The van der Waals surface area contributed by atoms with Crippen LogP contribution in [0.1, 0.15) is 0 Å². The van der Waals surface area contributed by atoms with E-state index in [9.17, 15) is 17.3 Å². The molecule has 0 heterocycles. The van der Waals surface area contributed by atoms with Crippen molar-refractivity contribution in [2.75, 3.05) is 0 Å². The summed E-state index contributed by atoms with van der Waals surface area (Å²) in [6.45, 7) is 0. The van der Waals surface area contributed by atoms with Crippen molar-refractivity contribution >= 4 is 31.2 Å². The van der Waals surface area contributed by atoms with Crippen molar-refractivity contribution in [1.29, 1.82) is 0 Å². The molecule has 40 valence electrons. The Morgan fingerprint density at radius 1 is 0.833 bits per heavy atom. The second-order valence-corrected chi connectivity index (χ2v) is 0.495.